The molecule has 0 aliphatic heterocycles. The quantitative estimate of drug-likeness (QED) is 0.636. The molecular weight excluding hydrogens is 284 g/mol. The highest BCUT2D eigenvalue weighted by atomic mass is 15.2. The van der Waals surface area contributed by atoms with Crippen LogP contribution < -0.4 is 10.6 Å². The molecule has 0 aliphatic carbocycles. The van der Waals surface area contributed by atoms with Gasteiger partial charge in [-0.3, -0.25) is 4.98 Å². The Bertz CT molecular complexity index is 622. The van der Waals surface area contributed by atoms with Gasteiger partial charge in [-0.05, 0) is 37.0 Å². The van der Waals surface area contributed by atoms with Crippen LogP contribution in [0, 0.1) is 6.92 Å². The van der Waals surface area contributed by atoms with Crippen molar-refractivity contribution in [2.45, 2.75) is 33.2 Å². The molecule has 4 heteroatoms. The van der Waals surface area contributed by atoms with Crippen LogP contribution in [0.5, 0.6) is 0 Å². The van der Waals surface area contributed by atoms with Crippen LogP contribution in [0.2, 0.25) is 0 Å². The maximum Gasteiger partial charge on any atom is 0.191 e. The number of nitrogens with zero attached hydrogens (tertiary/aromatic N) is 2. The van der Waals surface area contributed by atoms with Crippen LogP contribution in [0.4, 0.5) is 0 Å². The molecule has 1 heterocycles. The predicted octanol–water partition coefficient (Wildman–Crippen LogP) is 3.25. The van der Waals surface area contributed by atoms with Gasteiger partial charge in [0.15, 0.2) is 5.96 Å². The molecule has 2 aromatic rings. The molecule has 23 heavy (non-hydrogen) atoms. The number of aliphatic imine (C=N–C) groups is 1. The summed E-state index contributed by atoms with van der Waals surface area (Å²) in [6.45, 7) is 8.62. The molecule has 0 saturated carbocycles. The van der Waals surface area contributed by atoms with Gasteiger partial charge in [0.1, 0.15) is 0 Å². The molecule has 0 amide bonds. The van der Waals surface area contributed by atoms with E-state index < -0.39 is 0 Å². The Balaban J connectivity index is 1.95. The number of guanidine groups is 1. The number of hydrogen-bond acceptors (Lipinski definition) is 2. The summed E-state index contributed by atoms with van der Waals surface area (Å²) in [7, 11) is 0. The van der Waals surface area contributed by atoms with Crippen molar-refractivity contribution >= 4 is 5.96 Å². The second kappa shape index (κ2) is 8.93. The van der Waals surface area contributed by atoms with Crippen molar-refractivity contribution in [2.24, 2.45) is 4.99 Å². The van der Waals surface area contributed by atoms with E-state index >= 15 is 0 Å². The van der Waals surface area contributed by atoms with E-state index in [2.05, 4.69) is 71.7 Å². The van der Waals surface area contributed by atoms with Crippen molar-refractivity contribution in [1.82, 2.24) is 15.6 Å². The molecule has 1 aromatic carbocycles. The van der Waals surface area contributed by atoms with Crippen LogP contribution in [0.1, 0.15) is 36.6 Å². The molecule has 0 fully saturated rings. The minimum atomic E-state index is 0.427. The van der Waals surface area contributed by atoms with E-state index in [1.165, 1.54) is 11.1 Å². The molecule has 4 nitrogen and oxygen atoms in total. The average molecular weight is 310 g/mol. The Morgan fingerprint density at radius 3 is 2.61 bits per heavy atom. The fourth-order valence-electron chi connectivity index (χ4n) is 2.33. The first-order valence-electron chi connectivity index (χ1n) is 8.18. The summed E-state index contributed by atoms with van der Waals surface area (Å²) in [4.78, 5) is 9.03. The van der Waals surface area contributed by atoms with Gasteiger partial charge < -0.3 is 10.6 Å². The number of nitrogens with one attached hydrogen (secondary N) is 2. The van der Waals surface area contributed by atoms with Crippen LogP contribution in [-0.4, -0.2) is 24.0 Å². The summed E-state index contributed by atoms with van der Waals surface area (Å²) in [5.41, 5.74) is 3.52. The van der Waals surface area contributed by atoms with E-state index in [1.807, 2.05) is 18.3 Å². The van der Waals surface area contributed by atoms with Gasteiger partial charge in [-0.1, -0.05) is 43.3 Å². The fraction of sp³-hybridized carbons (Fsp3) is 0.368. The minimum absolute atomic E-state index is 0.427. The highest BCUT2D eigenvalue weighted by Gasteiger charge is 2.06. The normalized spacial score (nSPS) is 12.7. The lowest BCUT2D eigenvalue weighted by Gasteiger charge is -2.16. The Kier molecular flexibility index (Phi) is 6.60. The monoisotopic (exact) mass is 310 g/mol. The zero-order valence-electron chi connectivity index (χ0n) is 14.2. The molecule has 0 aliphatic rings. The van der Waals surface area contributed by atoms with Crippen molar-refractivity contribution in [2.75, 3.05) is 13.1 Å². The van der Waals surface area contributed by atoms with Crippen molar-refractivity contribution in [3.63, 3.8) is 0 Å². The largest absolute Gasteiger partial charge is 0.357 e. The first-order chi connectivity index (χ1) is 11.2. The third kappa shape index (κ3) is 5.40. The van der Waals surface area contributed by atoms with Crippen molar-refractivity contribution in [3.05, 3.63) is 65.5 Å². The summed E-state index contributed by atoms with van der Waals surface area (Å²) in [6.07, 6.45) is 1.82. The van der Waals surface area contributed by atoms with Gasteiger partial charge in [-0.2, -0.15) is 0 Å². The fourth-order valence-corrected chi connectivity index (χ4v) is 2.33. The van der Waals surface area contributed by atoms with E-state index in [0.29, 0.717) is 12.5 Å². The van der Waals surface area contributed by atoms with E-state index in [1.54, 1.807) is 0 Å². The molecule has 0 saturated heterocycles. The van der Waals surface area contributed by atoms with E-state index in [4.69, 9.17) is 0 Å². The van der Waals surface area contributed by atoms with Crippen LogP contribution in [0.25, 0.3) is 0 Å². The Labute approximate surface area is 139 Å². The van der Waals surface area contributed by atoms with Gasteiger partial charge in [-0.15, -0.1) is 0 Å². The third-order valence-electron chi connectivity index (χ3n) is 3.79. The summed E-state index contributed by atoms with van der Waals surface area (Å²) < 4.78 is 0. The molecule has 1 unspecified atom stereocenters. The lowest BCUT2D eigenvalue weighted by Crippen LogP contribution is -2.39. The Hall–Kier alpha value is -2.36. The third-order valence-corrected chi connectivity index (χ3v) is 3.79. The smallest absolute Gasteiger partial charge is 0.191 e. The average Bonchev–Trinajstić information content (AvgIpc) is 2.59. The number of hydrogen-bond donors (Lipinski definition) is 2. The molecule has 1 aromatic heterocycles. The Morgan fingerprint density at radius 1 is 1.13 bits per heavy atom. The summed E-state index contributed by atoms with van der Waals surface area (Å²) in [6, 6.07) is 14.5. The second-order valence-corrected chi connectivity index (χ2v) is 5.65. The van der Waals surface area contributed by atoms with Crippen LogP contribution in [0.3, 0.4) is 0 Å². The molecule has 2 rings (SSSR count). The molecular formula is C19H26N4. The molecule has 0 radical (unpaired) electrons. The first-order valence-corrected chi connectivity index (χ1v) is 8.18. The van der Waals surface area contributed by atoms with Gasteiger partial charge in [0.25, 0.3) is 0 Å². The summed E-state index contributed by atoms with van der Waals surface area (Å²) >= 11 is 0. The summed E-state index contributed by atoms with van der Waals surface area (Å²) in [5, 5.41) is 6.71. The Morgan fingerprint density at radius 2 is 1.91 bits per heavy atom. The molecule has 1 atom stereocenters. The standard InChI is InChI=1S/C19H26N4/c1-4-20-19(23-14-18-15(2)9-8-12-21-18)22-13-16(3)17-10-6-5-7-11-17/h5-12,16H,4,13-14H2,1-3H3,(H2,20,22,23). The molecule has 0 spiro atoms. The maximum absolute atomic E-state index is 4.64. The van der Waals surface area contributed by atoms with Gasteiger partial charge in [-0.25, -0.2) is 4.99 Å². The van der Waals surface area contributed by atoms with E-state index in [9.17, 15) is 0 Å². The van der Waals surface area contributed by atoms with Gasteiger partial charge in [0.2, 0.25) is 0 Å². The highest BCUT2D eigenvalue weighted by Crippen LogP contribution is 2.13. The zero-order valence-corrected chi connectivity index (χ0v) is 14.2. The lowest BCUT2D eigenvalue weighted by atomic mass is 10.0. The minimum Gasteiger partial charge on any atom is -0.357 e. The van der Waals surface area contributed by atoms with Gasteiger partial charge in [0.05, 0.1) is 12.2 Å². The van der Waals surface area contributed by atoms with Crippen LogP contribution in [0.15, 0.2) is 53.7 Å². The number of aryl methyl sites for hydroxylation is 1. The molecule has 122 valence electrons. The van der Waals surface area contributed by atoms with E-state index in [-0.39, 0.29) is 0 Å². The maximum atomic E-state index is 4.64. The van der Waals surface area contributed by atoms with Crippen molar-refractivity contribution < 1.29 is 0 Å². The second-order valence-electron chi connectivity index (χ2n) is 5.65. The van der Waals surface area contributed by atoms with Gasteiger partial charge in [0, 0.05) is 19.3 Å². The molecule has 0 bridgehead atoms. The number of pyridine rings is 1. The van der Waals surface area contributed by atoms with Crippen molar-refractivity contribution in [3.8, 4) is 0 Å². The highest BCUT2D eigenvalue weighted by molar-refractivity contribution is 5.79. The number of aromatic nitrogens is 1. The van der Waals surface area contributed by atoms with Crippen molar-refractivity contribution in [1.29, 1.82) is 0 Å². The first kappa shape index (κ1) is 17.0. The lowest BCUT2D eigenvalue weighted by molar-refractivity contribution is 0.699. The molecule has 2 N–H and O–H groups in total. The van der Waals surface area contributed by atoms with Crippen LogP contribution >= 0.6 is 0 Å². The number of benzene rings is 1. The zero-order chi connectivity index (χ0) is 16.5. The van der Waals surface area contributed by atoms with E-state index in [0.717, 1.165) is 24.7 Å². The topological polar surface area (TPSA) is 49.3 Å². The number of rotatable bonds is 6. The predicted molar refractivity (Wildman–Crippen MR) is 96.6 cm³/mol. The summed E-state index contributed by atoms with van der Waals surface area (Å²) in [5.74, 6) is 1.26. The van der Waals surface area contributed by atoms with Gasteiger partial charge >= 0.3 is 0 Å². The SMILES string of the molecule is CCNC(=NCc1ncccc1C)NCC(C)c1ccccc1. The van der Waals surface area contributed by atoms with Crippen LogP contribution in [-0.2, 0) is 6.54 Å².